The van der Waals surface area contributed by atoms with Crippen LogP contribution in [0, 0.1) is 5.82 Å². The molecule has 0 aliphatic carbocycles. The maximum Gasteiger partial charge on any atom is 0.289 e. The molecule has 0 spiro atoms. The highest BCUT2D eigenvalue weighted by Gasteiger charge is 2.11. The molecule has 1 amide bonds. The maximum atomic E-state index is 13.7. The van der Waals surface area contributed by atoms with E-state index in [-0.39, 0.29) is 16.3 Å². The summed E-state index contributed by atoms with van der Waals surface area (Å²) in [5.74, 6) is -0.327. The van der Waals surface area contributed by atoms with Crippen LogP contribution in [0.3, 0.4) is 0 Å². The van der Waals surface area contributed by atoms with Crippen molar-refractivity contribution < 1.29 is 13.9 Å². The van der Waals surface area contributed by atoms with Crippen LogP contribution in [-0.4, -0.2) is 28.9 Å². The monoisotopic (exact) mass is 386 g/mol. The molecular weight excluding hydrogens is 371 g/mol. The Morgan fingerprint density at radius 1 is 1.33 bits per heavy atom. The lowest BCUT2D eigenvalue weighted by atomic mass is 10.1. The smallest absolute Gasteiger partial charge is 0.289 e. The fraction of sp³-hybridized carbons (Fsp3) is 0.105. The number of nitrogens with one attached hydrogen (secondary N) is 2. The van der Waals surface area contributed by atoms with Gasteiger partial charge in [-0.05, 0) is 37.3 Å². The summed E-state index contributed by atoms with van der Waals surface area (Å²) >= 11 is 5.90. The Balaban J connectivity index is 1.70. The molecule has 0 atom stereocenters. The zero-order valence-corrected chi connectivity index (χ0v) is 15.1. The van der Waals surface area contributed by atoms with Crippen molar-refractivity contribution in [2.75, 3.05) is 6.61 Å². The van der Waals surface area contributed by atoms with Gasteiger partial charge in [-0.15, -0.1) is 0 Å². The summed E-state index contributed by atoms with van der Waals surface area (Å²) in [6.07, 6.45) is 1.15. The minimum atomic E-state index is -0.529. The number of aromatic amines is 1. The molecule has 0 aliphatic rings. The lowest BCUT2D eigenvalue weighted by Crippen LogP contribution is -2.18. The van der Waals surface area contributed by atoms with Crippen LogP contribution in [0.4, 0.5) is 4.39 Å². The van der Waals surface area contributed by atoms with E-state index in [1.165, 1.54) is 18.2 Å². The van der Waals surface area contributed by atoms with Gasteiger partial charge in [0.2, 0.25) is 0 Å². The molecular formula is C19H16ClFN4O2. The minimum absolute atomic E-state index is 0.0949. The summed E-state index contributed by atoms with van der Waals surface area (Å²) < 4.78 is 19.1. The fourth-order valence-electron chi connectivity index (χ4n) is 2.35. The van der Waals surface area contributed by atoms with E-state index in [0.717, 1.165) is 17.5 Å². The van der Waals surface area contributed by atoms with Crippen LogP contribution in [0.1, 0.15) is 23.0 Å². The van der Waals surface area contributed by atoms with Gasteiger partial charge < -0.3 is 4.74 Å². The predicted octanol–water partition coefficient (Wildman–Crippen LogP) is 4.03. The summed E-state index contributed by atoms with van der Waals surface area (Å²) in [4.78, 5) is 12.2. The van der Waals surface area contributed by atoms with Crippen molar-refractivity contribution in [1.29, 1.82) is 0 Å². The van der Waals surface area contributed by atoms with Gasteiger partial charge in [-0.1, -0.05) is 29.8 Å². The van der Waals surface area contributed by atoms with E-state index >= 15 is 0 Å². The van der Waals surface area contributed by atoms with E-state index in [1.54, 1.807) is 6.07 Å². The van der Waals surface area contributed by atoms with Gasteiger partial charge in [0.05, 0.1) is 23.5 Å². The molecule has 3 aromatic rings. The van der Waals surface area contributed by atoms with Crippen LogP contribution in [0.2, 0.25) is 5.02 Å². The normalized spacial score (nSPS) is 10.9. The number of H-pyrrole nitrogens is 1. The first-order valence-electron chi connectivity index (χ1n) is 8.14. The Morgan fingerprint density at radius 2 is 2.15 bits per heavy atom. The number of amides is 1. The number of rotatable bonds is 6. The molecule has 0 bridgehead atoms. The highest BCUT2D eigenvalue weighted by atomic mass is 35.5. The van der Waals surface area contributed by atoms with Gasteiger partial charge in [0.25, 0.3) is 5.91 Å². The second-order valence-corrected chi connectivity index (χ2v) is 5.87. The molecule has 138 valence electrons. The van der Waals surface area contributed by atoms with E-state index < -0.39 is 11.7 Å². The van der Waals surface area contributed by atoms with Crippen molar-refractivity contribution in [1.82, 2.24) is 15.6 Å². The Morgan fingerprint density at radius 3 is 2.93 bits per heavy atom. The minimum Gasteiger partial charge on any atom is -0.494 e. The van der Waals surface area contributed by atoms with Crippen LogP contribution in [-0.2, 0) is 0 Å². The summed E-state index contributed by atoms with van der Waals surface area (Å²) in [5.41, 5.74) is 4.00. The first kappa shape index (κ1) is 18.6. The Bertz CT molecular complexity index is 967. The summed E-state index contributed by atoms with van der Waals surface area (Å²) in [6.45, 7) is 2.46. The number of hydrogen-bond donors (Lipinski definition) is 2. The lowest BCUT2D eigenvalue weighted by molar-refractivity contribution is 0.0950. The molecule has 1 heterocycles. The highest BCUT2D eigenvalue weighted by Crippen LogP contribution is 2.23. The molecule has 6 nitrogen and oxygen atoms in total. The molecule has 0 fully saturated rings. The van der Waals surface area contributed by atoms with Gasteiger partial charge in [-0.25, -0.2) is 9.82 Å². The van der Waals surface area contributed by atoms with Crippen molar-refractivity contribution in [2.24, 2.45) is 5.10 Å². The molecule has 27 heavy (non-hydrogen) atoms. The number of carbonyl (C=O) groups excluding carboxylic acids is 1. The molecule has 2 aromatic carbocycles. The van der Waals surface area contributed by atoms with Crippen LogP contribution in [0.25, 0.3) is 11.3 Å². The van der Waals surface area contributed by atoms with Crippen molar-refractivity contribution in [3.8, 4) is 17.0 Å². The summed E-state index contributed by atoms with van der Waals surface area (Å²) in [6, 6.07) is 13.2. The van der Waals surface area contributed by atoms with Crippen LogP contribution >= 0.6 is 11.6 Å². The second-order valence-electron chi connectivity index (χ2n) is 5.46. The second kappa shape index (κ2) is 8.46. The van der Waals surface area contributed by atoms with Crippen molar-refractivity contribution >= 4 is 23.7 Å². The van der Waals surface area contributed by atoms with Crippen LogP contribution in [0.15, 0.2) is 53.6 Å². The average Bonchev–Trinajstić information content (AvgIpc) is 3.15. The third-order valence-electron chi connectivity index (χ3n) is 3.62. The van der Waals surface area contributed by atoms with Crippen LogP contribution in [0.5, 0.6) is 5.75 Å². The standard InChI is InChI=1S/C19H16ClFN4O2/c1-2-27-13-6-3-5-12(9-13)17-10-18(24-23-17)19(26)25-22-11-14-15(20)7-4-8-16(14)21/h3-11H,2H2,1H3,(H,23,24)(H,25,26)/b22-11+. The molecule has 0 saturated heterocycles. The van der Waals surface area contributed by atoms with Crippen molar-refractivity contribution in [3.63, 3.8) is 0 Å². The lowest BCUT2D eigenvalue weighted by Gasteiger charge is -2.03. The molecule has 0 unspecified atom stereocenters. The number of aromatic nitrogens is 2. The van der Waals surface area contributed by atoms with E-state index in [0.29, 0.717) is 12.3 Å². The van der Waals surface area contributed by atoms with Gasteiger partial charge in [0.15, 0.2) is 0 Å². The maximum absolute atomic E-state index is 13.7. The van der Waals surface area contributed by atoms with Gasteiger partial charge in [-0.2, -0.15) is 10.2 Å². The number of hydrazone groups is 1. The zero-order valence-electron chi connectivity index (χ0n) is 14.4. The molecule has 1 aromatic heterocycles. The number of nitrogens with zero attached hydrogens (tertiary/aromatic N) is 2. The number of carbonyl (C=O) groups is 1. The van der Waals surface area contributed by atoms with E-state index in [4.69, 9.17) is 16.3 Å². The van der Waals surface area contributed by atoms with Gasteiger partial charge in [0.1, 0.15) is 17.3 Å². The Hall–Kier alpha value is -3.19. The molecule has 0 radical (unpaired) electrons. The van der Waals surface area contributed by atoms with Crippen LogP contribution < -0.4 is 10.2 Å². The average molecular weight is 387 g/mol. The fourth-order valence-corrected chi connectivity index (χ4v) is 2.56. The third kappa shape index (κ3) is 4.51. The van der Waals surface area contributed by atoms with E-state index in [1.807, 2.05) is 31.2 Å². The molecule has 0 saturated carbocycles. The van der Waals surface area contributed by atoms with Gasteiger partial charge >= 0.3 is 0 Å². The first-order chi connectivity index (χ1) is 13.1. The number of halogens is 2. The van der Waals surface area contributed by atoms with Crippen molar-refractivity contribution in [2.45, 2.75) is 6.92 Å². The third-order valence-corrected chi connectivity index (χ3v) is 3.95. The largest absolute Gasteiger partial charge is 0.494 e. The quantitative estimate of drug-likeness (QED) is 0.496. The predicted molar refractivity (Wildman–Crippen MR) is 102 cm³/mol. The first-order valence-corrected chi connectivity index (χ1v) is 8.52. The Kier molecular flexibility index (Phi) is 5.83. The zero-order chi connectivity index (χ0) is 19.2. The number of benzene rings is 2. The SMILES string of the molecule is CCOc1cccc(-c2cc(C(=O)N/N=C/c3c(F)cccc3Cl)[nH]n2)c1. The van der Waals surface area contributed by atoms with Crippen molar-refractivity contribution in [3.05, 3.63) is 70.6 Å². The van der Waals surface area contributed by atoms with E-state index in [9.17, 15) is 9.18 Å². The van der Waals surface area contributed by atoms with Gasteiger partial charge in [0, 0.05) is 11.1 Å². The topological polar surface area (TPSA) is 79.4 Å². The molecule has 0 aliphatic heterocycles. The molecule has 2 N–H and O–H groups in total. The van der Waals surface area contributed by atoms with E-state index in [2.05, 4.69) is 20.7 Å². The molecule has 8 heteroatoms. The highest BCUT2D eigenvalue weighted by molar-refractivity contribution is 6.33. The van der Waals surface area contributed by atoms with Gasteiger partial charge in [-0.3, -0.25) is 9.89 Å². The summed E-state index contributed by atoms with van der Waals surface area (Å²) in [5, 5.41) is 10.7. The summed E-state index contributed by atoms with van der Waals surface area (Å²) in [7, 11) is 0. The Labute approximate surface area is 160 Å². The molecule has 3 rings (SSSR count). The number of ether oxygens (including phenoxy) is 1. The number of hydrogen-bond acceptors (Lipinski definition) is 4.